The molecule has 2 aromatic rings. The Balaban J connectivity index is 1.46. The molecule has 4 amide bonds. The van der Waals surface area contributed by atoms with Gasteiger partial charge in [-0.05, 0) is 68.7 Å². The Kier molecular flexibility index (Phi) is 6.58. The molecule has 0 radical (unpaired) electrons. The zero-order valence-corrected chi connectivity index (χ0v) is 19.3. The minimum Gasteiger partial charge on any atom is -0.338 e. The number of nitrogens with one attached hydrogen (secondary N) is 4. The Morgan fingerprint density at radius 3 is 1.87 bits per heavy atom. The van der Waals surface area contributed by atoms with E-state index in [0.717, 1.165) is 28.9 Å². The van der Waals surface area contributed by atoms with E-state index in [4.69, 9.17) is 0 Å². The van der Waals surface area contributed by atoms with Crippen molar-refractivity contribution in [1.29, 1.82) is 0 Å². The quantitative estimate of drug-likeness (QED) is 0.529. The first-order valence-corrected chi connectivity index (χ1v) is 10.8. The Hall–Kier alpha value is -3.02. The molecule has 1 aliphatic carbocycles. The number of anilines is 2. The van der Waals surface area contributed by atoms with Crippen LogP contribution in [0, 0.1) is 39.0 Å². The number of urea groups is 2. The summed E-state index contributed by atoms with van der Waals surface area (Å²) in [5.74, 6) is 0.295. The third kappa shape index (κ3) is 5.37. The maximum Gasteiger partial charge on any atom is 0.319 e. The van der Waals surface area contributed by atoms with Gasteiger partial charge in [0.15, 0.2) is 0 Å². The molecule has 1 fully saturated rings. The zero-order chi connectivity index (χ0) is 22.8. The van der Waals surface area contributed by atoms with E-state index in [0.29, 0.717) is 12.5 Å². The number of benzene rings is 2. The molecule has 31 heavy (non-hydrogen) atoms. The Labute approximate surface area is 185 Å². The van der Waals surface area contributed by atoms with Crippen molar-refractivity contribution in [3.8, 4) is 0 Å². The number of hydrogen-bond acceptors (Lipinski definition) is 2. The van der Waals surface area contributed by atoms with Crippen LogP contribution in [-0.2, 0) is 0 Å². The van der Waals surface area contributed by atoms with Crippen LogP contribution in [0.25, 0.3) is 0 Å². The van der Waals surface area contributed by atoms with Crippen molar-refractivity contribution in [3.05, 3.63) is 58.7 Å². The summed E-state index contributed by atoms with van der Waals surface area (Å²) in [6, 6.07) is 11.6. The summed E-state index contributed by atoms with van der Waals surface area (Å²) in [5, 5.41) is 11.9. The lowest BCUT2D eigenvalue weighted by Crippen LogP contribution is -2.61. The fourth-order valence-electron chi connectivity index (χ4n) is 4.21. The van der Waals surface area contributed by atoms with Gasteiger partial charge in [-0.25, -0.2) is 9.59 Å². The van der Waals surface area contributed by atoms with Crippen LogP contribution in [0.5, 0.6) is 0 Å². The first kappa shape index (κ1) is 22.7. The lowest BCUT2D eigenvalue weighted by molar-refractivity contribution is 0.0244. The number of hydrogen-bond donors (Lipinski definition) is 4. The number of rotatable bonds is 5. The molecule has 3 rings (SSSR count). The van der Waals surface area contributed by atoms with E-state index < -0.39 is 0 Å². The Morgan fingerprint density at radius 1 is 0.871 bits per heavy atom. The van der Waals surface area contributed by atoms with Gasteiger partial charge in [0, 0.05) is 24.0 Å². The summed E-state index contributed by atoms with van der Waals surface area (Å²) in [6.45, 7) is 12.9. The molecule has 166 valence electrons. The molecule has 0 heterocycles. The first-order chi connectivity index (χ1) is 14.6. The second-order valence-corrected chi connectivity index (χ2v) is 9.38. The zero-order valence-electron chi connectivity index (χ0n) is 19.3. The second kappa shape index (κ2) is 9.00. The highest BCUT2D eigenvalue weighted by atomic mass is 16.2. The molecule has 0 bridgehead atoms. The summed E-state index contributed by atoms with van der Waals surface area (Å²) in [6.07, 6.45) is 0.830. The molecular weight excluding hydrogens is 388 g/mol. The summed E-state index contributed by atoms with van der Waals surface area (Å²) < 4.78 is 0. The van der Waals surface area contributed by atoms with E-state index in [1.165, 1.54) is 11.1 Å². The molecule has 0 aromatic heterocycles. The average Bonchev–Trinajstić information content (AvgIpc) is 2.68. The van der Waals surface area contributed by atoms with Crippen molar-refractivity contribution in [1.82, 2.24) is 10.6 Å². The van der Waals surface area contributed by atoms with E-state index in [-0.39, 0.29) is 23.5 Å². The predicted octanol–water partition coefficient (Wildman–Crippen LogP) is 5.28. The Bertz CT molecular complexity index is 983. The van der Waals surface area contributed by atoms with Crippen LogP contribution in [0.1, 0.15) is 42.5 Å². The minimum absolute atomic E-state index is 0.0625. The van der Waals surface area contributed by atoms with Gasteiger partial charge in [-0.15, -0.1) is 0 Å². The van der Waals surface area contributed by atoms with Gasteiger partial charge in [-0.1, -0.05) is 49.2 Å². The molecule has 1 saturated carbocycles. The topological polar surface area (TPSA) is 82.3 Å². The van der Waals surface area contributed by atoms with Gasteiger partial charge in [0.05, 0.1) is 0 Å². The van der Waals surface area contributed by atoms with Crippen LogP contribution in [0.3, 0.4) is 0 Å². The van der Waals surface area contributed by atoms with E-state index in [9.17, 15) is 9.59 Å². The van der Waals surface area contributed by atoms with E-state index in [1.807, 2.05) is 64.1 Å². The summed E-state index contributed by atoms with van der Waals surface area (Å²) in [4.78, 5) is 24.8. The predicted molar refractivity (Wildman–Crippen MR) is 127 cm³/mol. The molecule has 6 nitrogen and oxygen atoms in total. The minimum atomic E-state index is -0.202. The third-order valence-corrected chi connectivity index (χ3v) is 6.55. The van der Waals surface area contributed by atoms with Crippen LogP contribution in [0.2, 0.25) is 0 Å². The highest BCUT2D eigenvalue weighted by Gasteiger charge is 2.48. The molecule has 4 N–H and O–H groups in total. The normalized spacial score (nSPS) is 19.2. The molecule has 6 heteroatoms. The van der Waals surface area contributed by atoms with Crippen LogP contribution in [0.15, 0.2) is 36.4 Å². The number of carbonyl (C=O) groups is 2. The van der Waals surface area contributed by atoms with E-state index in [2.05, 4.69) is 35.1 Å². The average molecular weight is 423 g/mol. The highest BCUT2D eigenvalue weighted by molar-refractivity contribution is 5.91. The summed E-state index contributed by atoms with van der Waals surface area (Å²) >= 11 is 0. The van der Waals surface area contributed by atoms with Gasteiger partial charge in [-0.3, -0.25) is 0 Å². The monoisotopic (exact) mass is 422 g/mol. The van der Waals surface area contributed by atoms with Crippen molar-refractivity contribution >= 4 is 23.4 Å². The SMILES string of the molecule is Cc1ccc(NC(=O)NC[C@H]2C[C@H](NC(=O)Nc3ccc(C)cc3C)C2(C)C)c(C)c1. The molecule has 0 aliphatic heterocycles. The number of aryl methyl sites for hydroxylation is 4. The van der Waals surface area contributed by atoms with E-state index >= 15 is 0 Å². The van der Waals surface area contributed by atoms with Crippen molar-refractivity contribution < 1.29 is 9.59 Å². The van der Waals surface area contributed by atoms with Gasteiger partial charge in [-0.2, -0.15) is 0 Å². The highest BCUT2D eigenvalue weighted by Crippen LogP contribution is 2.45. The maximum absolute atomic E-state index is 12.5. The first-order valence-electron chi connectivity index (χ1n) is 10.8. The van der Waals surface area contributed by atoms with Crippen LogP contribution < -0.4 is 21.3 Å². The maximum atomic E-state index is 12.5. The standard InChI is InChI=1S/C25H34N4O2/c1-15-7-9-20(17(3)11-15)27-23(30)26-14-19-13-22(25(19,5)6)29-24(31)28-21-10-8-16(2)12-18(21)4/h7-12,19,22H,13-14H2,1-6H3,(H2,26,27,30)(H2,28,29,31)/t19-,22+/m1/s1. The van der Waals surface area contributed by atoms with Gasteiger partial charge < -0.3 is 21.3 Å². The molecule has 2 aromatic carbocycles. The fourth-order valence-corrected chi connectivity index (χ4v) is 4.21. The van der Waals surface area contributed by atoms with Crippen LogP contribution in [0.4, 0.5) is 21.0 Å². The van der Waals surface area contributed by atoms with Gasteiger partial charge >= 0.3 is 12.1 Å². The van der Waals surface area contributed by atoms with Crippen molar-refractivity contribution in [2.45, 2.75) is 54.0 Å². The van der Waals surface area contributed by atoms with Crippen LogP contribution in [-0.4, -0.2) is 24.6 Å². The van der Waals surface area contributed by atoms with Crippen molar-refractivity contribution in [3.63, 3.8) is 0 Å². The fraction of sp³-hybridized carbons (Fsp3) is 0.440. The molecule has 0 unspecified atom stereocenters. The second-order valence-electron chi connectivity index (χ2n) is 9.38. The number of amides is 4. The number of carbonyl (C=O) groups excluding carboxylic acids is 2. The largest absolute Gasteiger partial charge is 0.338 e. The van der Waals surface area contributed by atoms with Gasteiger partial charge in [0.2, 0.25) is 0 Å². The summed E-state index contributed by atoms with van der Waals surface area (Å²) in [5.41, 5.74) is 5.95. The van der Waals surface area contributed by atoms with Crippen molar-refractivity contribution in [2.24, 2.45) is 11.3 Å². The van der Waals surface area contributed by atoms with Gasteiger partial charge in [0.1, 0.15) is 0 Å². The van der Waals surface area contributed by atoms with Crippen molar-refractivity contribution in [2.75, 3.05) is 17.2 Å². The molecule has 1 aliphatic rings. The smallest absolute Gasteiger partial charge is 0.319 e. The molecule has 2 atom stereocenters. The van der Waals surface area contributed by atoms with Crippen LogP contribution >= 0.6 is 0 Å². The molecule has 0 spiro atoms. The van der Waals surface area contributed by atoms with Gasteiger partial charge in [0.25, 0.3) is 0 Å². The lowest BCUT2D eigenvalue weighted by atomic mass is 9.58. The summed E-state index contributed by atoms with van der Waals surface area (Å²) in [7, 11) is 0. The third-order valence-electron chi connectivity index (χ3n) is 6.55. The Morgan fingerprint density at radius 2 is 1.39 bits per heavy atom. The lowest BCUT2D eigenvalue weighted by Gasteiger charge is -2.52. The molecule has 0 saturated heterocycles. The molecular formula is C25H34N4O2. The van der Waals surface area contributed by atoms with E-state index in [1.54, 1.807) is 0 Å².